The Bertz CT molecular complexity index is 1220. The zero-order chi connectivity index (χ0) is 24.6. The van der Waals surface area contributed by atoms with E-state index in [1.165, 1.54) is 10.7 Å². The van der Waals surface area contributed by atoms with Crippen LogP contribution < -0.4 is 5.32 Å². The molecule has 0 saturated carbocycles. The molecular formula is C22H21BrF3N7. The van der Waals surface area contributed by atoms with Gasteiger partial charge in [0.25, 0.3) is 5.95 Å². The molecule has 1 atom stereocenters. The van der Waals surface area contributed by atoms with Crippen LogP contribution in [-0.4, -0.2) is 24.7 Å². The molecule has 172 valence electrons. The molecule has 33 heavy (non-hydrogen) atoms. The van der Waals surface area contributed by atoms with Crippen molar-refractivity contribution in [3.63, 3.8) is 0 Å². The maximum Gasteiger partial charge on any atom is 0.416 e. The summed E-state index contributed by atoms with van der Waals surface area (Å²) < 4.78 is 42.8. The van der Waals surface area contributed by atoms with Crippen molar-refractivity contribution in [3.8, 4) is 12.0 Å². The van der Waals surface area contributed by atoms with Crippen molar-refractivity contribution in [1.82, 2.24) is 30.0 Å². The van der Waals surface area contributed by atoms with Crippen molar-refractivity contribution < 1.29 is 13.2 Å². The molecule has 0 saturated heterocycles. The van der Waals surface area contributed by atoms with Gasteiger partial charge in [-0.25, -0.2) is 15.0 Å². The third-order valence-electron chi connectivity index (χ3n) is 4.92. The molecule has 1 N–H and O–H groups in total. The molecule has 2 aromatic heterocycles. The standard InChI is InChI=1S/C22H21BrF3N7/c1-12(15-6-16(21(4,5)11-27)8-17(7-15)22(24,25)26)30-13(2)19-31-14(3)32-33(19)20-28-9-18(23)10-29-20/h6-10,13,30H,1H2,2-5H3. The molecular weight excluding hydrogens is 499 g/mol. The van der Waals surface area contributed by atoms with Crippen LogP contribution in [0.15, 0.2) is 41.6 Å². The van der Waals surface area contributed by atoms with E-state index in [-0.39, 0.29) is 16.8 Å². The minimum Gasteiger partial charge on any atom is -0.375 e. The van der Waals surface area contributed by atoms with Crippen molar-refractivity contribution in [1.29, 1.82) is 5.26 Å². The Morgan fingerprint density at radius 2 is 1.79 bits per heavy atom. The summed E-state index contributed by atoms with van der Waals surface area (Å²) in [6.45, 7) is 10.5. The second-order valence-corrected chi connectivity index (χ2v) is 8.92. The maximum absolute atomic E-state index is 13.5. The van der Waals surface area contributed by atoms with Crippen LogP contribution in [0.2, 0.25) is 0 Å². The largest absolute Gasteiger partial charge is 0.416 e. The molecule has 2 heterocycles. The van der Waals surface area contributed by atoms with E-state index in [4.69, 9.17) is 0 Å². The van der Waals surface area contributed by atoms with E-state index in [9.17, 15) is 18.4 Å². The SMILES string of the molecule is C=C(NC(C)c1nc(C)nn1-c1ncc(Br)cn1)c1cc(C(F)(F)F)cc(C(C)(C)C#N)c1. The fourth-order valence-electron chi connectivity index (χ4n) is 3.07. The average Bonchev–Trinajstić information content (AvgIpc) is 3.15. The Hall–Kier alpha value is -3.26. The molecule has 0 aliphatic carbocycles. The first-order chi connectivity index (χ1) is 15.3. The molecule has 0 aliphatic heterocycles. The monoisotopic (exact) mass is 519 g/mol. The summed E-state index contributed by atoms with van der Waals surface area (Å²) in [6.07, 6.45) is -1.43. The molecule has 1 unspecified atom stereocenters. The van der Waals surface area contributed by atoms with Gasteiger partial charge in [0.15, 0.2) is 5.82 Å². The smallest absolute Gasteiger partial charge is 0.375 e. The molecule has 0 spiro atoms. The summed E-state index contributed by atoms with van der Waals surface area (Å²) in [4.78, 5) is 12.9. The van der Waals surface area contributed by atoms with Gasteiger partial charge in [0.2, 0.25) is 0 Å². The number of halogens is 4. The lowest BCUT2D eigenvalue weighted by molar-refractivity contribution is -0.137. The van der Waals surface area contributed by atoms with Gasteiger partial charge in [-0.2, -0.15) is 23.1 Å². The second-order valence-electron chi connectivity index (χ2n) is 8.01. The van der Waals surface area contributed by atoms with Crippen molar-refractivity contribution in [3.05, 3.63) is 70.0 Å². The van der Waals surface area contributed by atoms with Crippen molar-refractivity contribution in [2.45, 2.75) is 45.3 Å². The minimum atomic E-state index is -4.57. The van der Waals surface area contributed by atoms with Gasteiger partial charge in [0, 0.05) is 18.1 Å². The highest BCUT2D eigenvalue weighted by molar-refractivity contribution is 9.10. The summed E-state index contributed by atoms with van der Waals surface area (Å²) in [5, 5.41) is 16.8. The first kappa shape index (κ1) is 24.4. The number of nitriles is 1. The Labute approximate surface area is 197 Å². The van der Waals surface area contributed by atoms with Crippen LogP contribution in [-0.2, 0) is 11.6 Å². The number of alkyl halides is 3. The molecule has 0 fully saturated rings. The Morgan fingerprint density at radius 3 is 2.36 bits per heavy atom. The van der Waals surface area contributed by atoms with Gasteiger partial charge in [-0.3, -0.25) is 0 Å². The van der Waals surface area contributed by atoms with Gasteiger partial charge in [-0.05, 0) is 73.0 Å². The summed E-state index contributed by atoms with van der Waals surface area (Å²) in [6, 6.07) is 5.09. The Kier molecular flexibility index (Phi) is 6.61. The van der Waals surface area contributed by atoms with Gasteiger partial charge >= 0.3 is 6.18 Å². The van der Waals surface area contributed by atoms with E-state index >= 15 is 0 Å². The lowest BCUT2D eigenvalue weighted by atomic mass is 9.84. The minimum absolute atomic E-state index is 0.220. The Morgan fingerprint density at radius 1 is 1.18 bits per heavy atom. The third kappa shape index (κ3) is 5.39. The summed E-state index contributed by atoms with van der Waals surface area (Å²) in [5.74, 6) is 1.23. The molecule has 3 aromatic rings. The normalized spacial score (nSPS) is 12.8. The van der Waals surface area contributed by atoms with Crippen LogP contribution in [0.4, 0.5) is 13.2 Å². The molecule has 0 aliphatic rings. The van der Waals surface area contributed by atoms with Gasteiger partial charge in [-0.1, -0.05) is 6.58 Å². The molecule has 0 radical (unpaired) electrons. The number of hydrogen-bond acceptors (Lipinski definition) is 6. The number of aromatic nitrogens is 5. The molecule has 0 bridgehead atoms. The van der Waals surface area contributed by atoms with Crippen molar-refractivity contribution in [2.75, 3.05) is 0 Å². The van der Waals surface area contributed by atoms with E-state index in [0.29, 0.717) is 22.1 Å². The fraction of sp³-hybridized carbons (Fsp3) is 0.318. The van der Waals surface area contributed by atoms with Gasteiger partial charge < -0.3 is 5.32 Å². The number of nitrogens with one attached hydrogen (secondary N) is 1. The van der Waals surface area contributed by atoms with Crippen LogP contribution in [0.1, 0.15) is 55.2 Å². The van der Waals surface area contributed by atoms with Gasteiger partial charge in [0.05, 0.1) is 27.6 Å². The molecule has 11 heteroatoms. The van der Waals surface area contributed by atoms with Crippen LogP contribution >= 0.6 is 15.9 Å². The topological polar surface area (TPSA) is 92.3 Å². The first-order valence-corrected chi connectivity index (χ1v) is 10.6. The average molecular weight is 520 g/mol. The predicted molar refractivity (Wildman–Crippen MR) is 120 cm³/mol. The van der Waals surface area contributed by atoms with Crippen LogP contribution in [0.25, 0.3) is 11.6 Å². The number of nitrogens with zero attached hydrogens (tertiary/aromatic N) is 6. The highest BCUT2D eigenvalue weighted by Crippen LogP contribution is 2.35. The number of benzene rings is 1. The van der Waals surface area contributed by atoms with Crippen molar-refractivity contribution >= 4 is 21.6 Å². The van der Waals surface area contributed by atoms with Crippen molar-refractivity contribution in [2.24, 2.45) is 0 Å². The van der Waals surface area contributed by atoms with Crippen LogP contribution in [0.5, 0.6) is 0 Å². The summed E-state index contributed by atoms with van der Waals surface area (Å²) in [5.41, 5.74) is -1.26. The van der Waals surface area contributed by atoms with Crippen LogP contribution in [0.3, 0.4) is 0 Å². The Balaban J connectivity index is 1.96. The highest BCUT2D eigenvalue weighted by Gasteiger charge is 2.33. The van der Waals surface area contributed by atoms with Gasteiger partial charge in [-0.15, -0.1) is 5.10 Å². The molecule has 1 aromatic carbocycles. The summed E-state index contributed by atoms with van der Waals surface area (Å²) >= 11 is 3.28. The first-order valence-electron chi connectivity index (χ1n) is 9.83. The number of aryl methyl sites for hydroxylation is 1. The van der Waals surface area contributed by atoms with E-state index in [1.807, 2.05) is 6.07 Å². The van der Waals surface area contributed by atoms with E-state index < -0.39 is 23.2 Å². The molecule has 0 amide bonds. The molecule has 3 rings (SSSR count). The molecule has 7 nitrogen and oxygen atoms in total. The van der Waals surface area contributed by atoms with E-state index in [1.54, 1.807) is 40.1 Å². The number of rotatable bonds is 6. The van der Waals surface area contributed by atoms with Gasteiger partial charge in [0.1, 0.15) is 5.82 Å². The second kappa shape index (κ2) is 8.94. The summed E-state index contributed by atoms with van der Waals surface area (Å²) in [7, 11) is 0. The lowest BCUT2D eigenvalue weighted by Crippen LogP contribution is -2.22. The zero-order valence-electron chi connectivity index (χ0n) is 18.4. The lowest BCUT2D eigenvalue weighted by Gasteiger charge is -2.22. The van der Waals surface area contributed by atoms with Crippen LogP contribution in [0, 0.1) is 18.3 Å². The zero-order valence-corrected chi connectivity index (χ0v) is 20.0. The maximum atomic E-state index is 13.5. The van der Waals surface area contributed by atoms with E-state index in [0.717, 1.165) is 12.1 Å². The third-order valence-corrected chi connectivity index (χ3v) is 5.33. The highest BCUT2D eigenvalue weighted by atomic mass is 79.9. The fourth-order valence-corrected chi connectivity index (χ4v) is 3.28. The quantitative estimate of drug-likeness (QED) is 0.476. The number of hydrogen-bond donors (Lipinski definition) is 1. The predicted octanol–water partition coefficient (Wildman–Crippen LogP) is 5.27. The van der Waals surface area contributed by atoms with E-state index in [2.05, 4.69) is 47.9 Å².